The van der Waals surface area contributed by atoms with Crippen molar-refractivity contribution in [3.8, 4) is 10.7 Å². The summed E-state index contributed by atoms with van der Waals surface area (Å²) in [6, 6.07) is 7.97. The van der Waals surface area contributed by atoms with E-state index in [1.165, 1.54) is 4.70 Å². The fraction of sp³-hybridized carbons (Fsp3) is 0.125. The van der Waals surface area contributed by atoms with Gasteiger partial charge in [0.1, 0.15) is 10.7 Å². The second kappa shape index (κ2) is 5.68. The summed E-state index contributed by atoms with van der Waals surface area (Å²) in [4.78, 5) is 18.9. The summed E-state index contributed by atoms with van der Waals surface area (Å²) in [5, 5.41) is 5.21. The second-order valence-electron chi connectivity index (χ2n) is 5.08. The number of anilines is 2. The average molecular weight is 339 g/mol. The van der Waals surface area contributed by atoms with Crippen LogP contribution in [0.1, 0.15) is 9.88 Å². The molecule has 5 nitrogen and oxygen atoms in total. The van der Waals surface area contributed by atoms with E-state index < -0.39 is 0 Å². The third-order valence-corrected chi connectivity index (χ3v) is 5.13. The topological polar surface area (TPSA) is 63.6 Å². The molecule has 23 heavy (non-hydrogen) atoms. The maximum absolute atomic E-state index is 4.54. The Morgan fingerprint density at radius 3 is 2.74 bits per heavy atom. The fourth-order valence-corrected chi connectivity index (χ4v) is 3.80. The molecule has 114 valence electrons. The molecule has 0 aliphatic heterocycles. The van der Waals surface area contributed by atoms with Gasteiger partial charge in [0.05, 0.1) is 15.2 Å². The molecule has 0 radical (unpaired) electrons. The standard InChI is InChI=1S/C16H13N5S2/c1-9-8-18-15(22-9)12-5-6-17-16(21-12)20-11-3-4-14-13(7-11)19-10(2)23-14/h3-8H,1-2H3,(H,17,20,21). The van der Waals surface area contributed by atoms with Crippen molar-refractivity contribution < 1.29 is 0 Å². The fourth-order valence-electron chi connectivity index (χ4n) is 2.26. The van der Waals surface area contributed by atoms with Crippen LogP contribution in [0.2, 0.25) is 0 Å². The van der Waals surface area contributed by atoms with Gasteiger partial charge in [-0.05, 0) is 38.1 Å². The Bertz CT molecular complexity index is 989. The van der Waals surface area contributed by atoms with Crippen molar-refractivity contribution in [2.24, 2.45) is 0 Å². The van der Waals surface area contributed by atoms with E-state index in [-0.39, 0.29) is 0 Å². The van der Waals surface area contributed by atoms with Crippen LogP contribution in [-0.4, -0.2) is 19.9 Å². The minimum Gasteiger partial charge on any atom is -0.324 e. The van der Waals surface area contributed by atoms with Gasteiger partial charge in [0.2, 0.25) is 5.95 Å². The molecule has 7 heteroatoms. The maximum Gasteiger partial charge on any atom is 0.227 e. The van der Waals surface area contributed by atoms with Gasteiger partial charge < -0.3 is 5.32 Å². The van der Waals surface area contributed by atoms with Gasteiger partial charge in [-0.25, -0.2) is 19.9 Å². The predicted molar refractivity (Wildman–Crippen MR) is 95.5 cm³/mol. The lowest BCUT2D eigenvalue weighted by Gasteiger charge is -2.05. The van der Waals surface area contributed by atoms with Crippen molar-refractivity contribution in [1.29, 1.82) is 0 Å². The molecule has 4 rings (SSSR count). The van der Waals surface area contributed by atoms with Crippen LogP contribution in [0, 0.1) is 13.8 Å². The first-order chi connectivity index (χ1) is 11.2. The van der Waals surface area contributed by atoms with Crippen molar-refractivity contribution in [1.82, 2.24) is 19.9 Å². The molecule has 0 saturated heterocycles. The molecule has 0 aliphatic rings. The molecule has 1 aromatic carbocycles. The summed E-state index contributed by atoms with van der Waals surface area (Å²) >= 11 is 3.31. The van der Waals surface area contributed by atoms with Crippen LogP contribution in [-0.2, 0) is 0 Å². The Kier molecular flexibility index (Phi) is 3.51. The zero-order valence-electron chi connectivity index (χ0n) is 12.6. The maximum atomic E-state index is 4.54. The van der Waals surface area contributed by atoms with E-state index >= 15 is 0 Å². The van der Waals surface area contributed by atoms with E-state index in [1.807, 2.05) is 38.2 Å². The number of fused-ring (bicyclic) bond motifs is 1. The number of nitrogens with zero attached hydrogens (tertiary/aromatic N) is 4. The van der Waals surface area contributed by atoms with E-state index in [9.17, 15) is 0 Å². The molecule has 3 aromatic heterocycles. The van der Waals surface area contributed by atoms with Gasteiger partial charge >= 0.3 is 0 Å². The number of benzene rings is 1. The molecular formula is C16H13N5S2. The van der Waals surface area contributed by atoms with Crippen molar-refractivity contribution >= 4 is 44.5 Å². The summed E-state index contributed by atoms with van der Waals surface area (Å²) in [5.74, 6) is 0.557. The minimum absolute atomic E-state index is 0.557. The summed E-state index contributed by atoms with van der Waals surface area (Å²) < 4.78 is 1.18. The smallest absolute Gasteiger partial charge is 0.227 e. The molecule has 0 fully saturated rings. The lowest BCUT2D eigenvalue weighted by atomic mass is 10.3. The number of rotatable bonds is 3. The van der Waals surface area contributed by atoms with E-state index in [1.54, 1.807) is 28.9 Å². The molecule has 4 aromatic rings. The normalized spacial score (nSPS) is 11.0. The van der Waals surface area contributed by atoms with Crippen LogP contribution in [0.4, 0.5) is 11.6 Å². The zero-order chi connectivity index (χ0) is 15.8. The van der Waals surface area contributed by atoms with Gasteiger partial charge in [-0.15, -0.1) is 22.7 Å². The van der Waals surface area contributed by atoms with Crippen LogP contribution in [0.3, 0.4) is 0 Å². The number of aromatic nitrogens is 4. The summed E-state index contributed by atoms with van der Waals surface area (Å²) in [6.45, 7) is 4.05. The van der Waals surface area contributed by atoms with Crippen LogP contribution in [0.5, 0.6) is 0 Å². The van der Waals surface area contributed by atoms with Crippen molar-refractivity contribution in [3.05, 3.63) is 46.5 Å². The monoisotopic (exact) mass is 339 g/mol. The first-order valence-corrected chi connectivity index (χ1v) is 8.71. The number of hydrogen-bond donors (Lipinski definition) is 1. The number of nitrogens with one attached hydrogen (secondary N) is 1. The Labute approximate surface area is 141 Å². The Hall–Kier alpha value is -2.38. The van der Waals surface area contributed by atoms with Crippen LogP contribution >= 0.6 is 22.7 Å². The SMILES string of the molecule is Cc1cnc(-c2ccnc(Nc3ccc4sc(C)nc4c3)n2)s1. The van der Waals surface area contributed by atoms with Crippen LogP contribution < -0.4 is 5.32 Å². The molecule has 3 heterocycles. The van der Waals surface area contributed by atoms with E-state index in [4.69, 9.17) is 0 Å². The van der Waals surface area contributed by atoms with Gasteiger partial charge in [0.25, 0.3) is 0 Å². The van der Waals surface area contributed by atoms with Gasteiger partial charge in [0.15, 0.2) is 0 Å². The Balaban J connectivity index is 1.64. The molecular weight excluding hydrogens is 326 g/mol. The average Bonchev–Trinajstić information content (AvgIpc) is 3.12. The highest BCUT2D eigenvalue weighted by molar-refractivity contribution is 7.18. The van der Waals surface area contributed by atoms with E-state index in [2.05, 4.69) is 31.3 Å². The van der Waals surface area contributed by atoms with Crippen molar-refractivity contribution in [3.63, 3.8) is 0 Å². The molecule has 0 bridgehead atoms. The predicted octanol–water partition coefficient (Wildman–Crippen LogP) is 4.57. The first-order valence-electron chi connectivity index (χ1n) is 7.07. The Morgan fingerprint density at radius 2 is 1.91 bits per heavy atom. The lowest BCUT2D eigenvalue weighted by molar-refractivity contribution is 1.16. The minimum atomic E-state index is 0.557. The highest BCUT2D eigenvalue weighted by atomic mass is 32.1. The van der Waals surface area contributed by atoms with Gasteiger partial charge in [-0.2, -0.15) is 0 Å². The summed E-state index contributed by atoms with van der Waals surface area (Å²) in [5.41, 5.74) is 2.74. The van der Waals surface area contributed by atoms with Crippen LogP contribution in [0.15, 0.2) is 36.7 Å². The molecule has 0 aliphatic carbocycles. The highest BCUT2D eigenvalue weighted by Crippen LogP contribution is 2.27. The zero-order valence-corrected chi connectivity index (χ0v) is 14.2. The molecule has 1 N–H and O–H groups in total. The van der Waals surface area contributed by atoms with Crippen molar-refractivity contribution in [2.45, 2.75) is 13.8 Å². The van der Waals surface area contributed by atoms with Gasteiger partial charge in [-0.3, -0.25) is 0 Å². The molecule has 0 spiro atoms. The lowest BCUT2D eigenvalue weighted by Crippen LogP contribution is -1.97. The van der Waals surface area contributed by atoms with Crippen molar-refractivity contribution in [2.75, 3.05) is 5.32 Å². The highest BCUT2D eigenvalue weighted by Gasteiger charge is 2.07. The number of thiazole rings is 2. The number of aryl methyl sites for hydroxylation is 2. The van der Waals surface area contributed by atoms with E-state index in [0.717, 1.165) is 31.8 Å². The van der Waals surface area contributed by atoms with E-state index in [0.29, 0.717) is 5.95 Å². The number of hydrogen-bond acceptors (Lipinski definition) is 7. The van der Waals surface area contributed by atoms with Crippen LogP contribution in [0.25, 0.3) is 20.9 Å². The van der Waals surface area contributed by atoms with Gasteiger partial charge in [0, 0.05) is 23.0 Å². The molecule has 0 unspecified atom stereocenters. The quantitative estimate of drug-likeness (QED) is 0.592. The third-order valence-electron chi connectivity index (χ3n) is 3.25. The molecule has 0 amide bonds. The summed E-state index contributed by atoms with van der Waals surface area (Å²) in [7, 11) is 0. The Morgan fingerprint density at radius 1 is 1.00 bits per heavy atom. The molecule has 0 saturated carbocycles. The van der Waals surface area contributed by atoms with Gasteiger partial charge in [-0.1, -0.05) is 0 Å². The largest absolute Gasteiger partial charge is 0.324 e. The first kappa shape index (κ1) is 14.2. The third kappa shape index (κ3) is 2.93. The summed E-state index contributed by atoms with van der Waals surface area (Å²) in [6.07, 6.45) is 3.60. The second-order valence-corrected chi connectivity index (χ2v) is 7.55. The molecule has 0 atom stereocenters.